The van der Waals surface area contributed by atoms with E-state index in [9.17, 15) is 5.11 Å². The van der Waals surface area contributed by atoms with E-state index in [0.29, 0.717) is 6.61 Å². The highest BCUT2D eigenvalue weighted by Crippen LogP contribution is 2.13. The Bertz CT molecular complexity index is 304. The molecule has 0 rings (SSSR count). The number of rotatable bonds is 23. The smallest absolute Gasteiger partial charge is 0.144 e. The minimum Gasteiger partial charge on any atom is -0.494 e. The zero-order chi connectivity index (χ0) is 20.5. The predicted molar refractivity (Wildman–Crippen MR) is 122 cm³/mol. The van der Waals surface area contributed by atoms with Crippen LogP contribution in [0.1, 0.15) is 123 Å². The molecule has 1 N–H and O–H groups in total. The number of aliphatic hydroxyl groups excluding tert-OH is 1. The van der Waals surface area contributed by atoms with Crippen molar-refractivity contribution in [3.63, 3.8) is 0 Å². The second-order valence-corrected chi connectivity index (χ2v) is 8.13. The minimum atomic E-state index is -0.232. The van der Waals surface area contributed by atoms with Crippen molar-refractivity contribution in [2.45, 2.75) is 129 Å². The van der Waals surface area contributed by atoms with Crippen molar-refractivity contribution in [1.82, 2.24) is 0 Å². The van der Waals surface area contributed by atoms with E-state index in [4.69, 9.17) is 9.47 Å². The van der Waals surface area contributed by atoms with Gasteiger partial charge < -0.3 is 14.6 Å². The van der Waals surface area contributed by atoms with Gasteiger partial charge >= 0.3 is 0 Å². The van der Waals surface area contributed by atoms with Gasteiger partial charge in [0.25, 0.3) is 0 Å². The van der Waals surface area contributed by atoms with Crippen molar-refractivity contribution >= 4 is 0 Å². The van der Waals surface area contributed by atoms with Gasteiger partial charge in [-0.2, -0.15) is 0 Å². The van der Waals surface area contributed by atoms with Gasteiger partial charge in [0.05, 0.1) is 19.5 Å². The molecule has 0 heterocycles. The number of unbranched alkanes of at least 4 members (excludes halogenated alkanes) is 15. The van der Waals surface area contributed by atoms with Crippen molar-refractivity contribution in [2.75, 3.05) is 19.8 Å². The lowest BCUT2D eigenvalue weighted by molar-refractivity contribution is -0.00352. The summed E-state index contributed by atoms with van der Waals surface area (Å²) in [6.45, 7) is 5.72. The van der Waals surface area contributed by atoms with E-state index in [1.807, 2.05) is 6.08 Å². The van der Waals surface area contributed by atoms with Crippen LogP contribution in [0, 0.1) is 0 Å². The van der Waals surface area contributed by atoms with Crippen LogP contribution in [0.15, 0.2) is 12.3 Å². The maximum atomic E-state index is 9.32. The number of aliphatic hydroxyl groups is 1. The van der Waals surface area contributed by atoms with Crippen molar-refractivity contribution < 1.29 is 14.6 Å². The first kappa shape index (κ1) is 27.5. The standard InChI is InChI=1S/C25H50O3/c1-3-5-7-9-10-11-12-13-14-15-16-17-18-19-21-27-24-25(23-26)28-22-20-8-6-4-2/h20,22,25-26H,3-19,21,23-24H2,1-2H3. The minimum absolute atomic E-state index is 0.0108. The molecule has 0 aliphatic carbocycles. The van der Waals surface area contributed by atoms with Gasteiger partial charge in [0.1, 0.15) is 6.10 Å². The molecule has 0 fully saturated rings. The van der Waals surface area contributed by atoms with Crippen molar-refractivity contribution in [1.29, 1.82) is 0 Å². The maximum Gasteiger partial charge on any atom is 0.144 e. The van der Waals surface area contributed by atoms with Gasteiger partial charge in [-0.15, -0.1) is 0 Å². The average molecular weight is 399 g/mol. The van der Waals surface area contributed by atoms with E-state index in [1.54, 1.807) is 6.26 Å². The van der Waals surface area contributed by atoms with Gasteiger partial charge in [0.15, 0.2) is 0 Å². The number of allylic oxidation sites excluding steroid dienone is 1. The SMILES string of the molecule is CCCCC=COC(CO)COCCCCCCCCCCCCCCCC. The first-order chi connectivity index (χ1) is 13.8. The molecule has 0 saturated heterocycles. The maximum absolute atomic E-state index is 9.32. The van der Waals surface area contributed by atoms with E-state index in [0.717, 1.165) is 19.4 Å². The summed E-state index contributed by atoms with van der Waals surface area (Å²) in [5, 5.41) is 9.32. The number of ether oxygens (including phenoxy) is 2. The van der Waals surface area contributed by atoms with Crippen LogP contribution in [0.2, 0.25) is 0 Å². The molecular weight excluding hydrogens is 348 g/mol. The molecule has 0 saturated carbocycles. The summed E-state index contributed by atoms with van der Waals surface area (Å²) in [6.07, 6.45) is 26.1. The second-order valence-electron chi connectivity index (χ2n) is 8.13. The third kappa shape index (κ3) is 21.8. The third-order valence-corrected chi connectivity index (χ3v) is 5.24. The fourth-order valence-electron chi connectivity index (χ4n) is 3.31. The summed E-state index contributed by atoms with van der Waals surface area (Å²) >= 11 is 0. The Balaban J connectivity index is 3.24. The molecule has 0 aromatic carbocycles. The number of hydrogen-bond acceptors (Lipinski definition) is 3. The van der Waals surface area contributed by atoms with Crippen LogP contribution in [0.3, 0.4) is 0 Å². The van der Waals surface area contributed by atoms with Crippen molar-refractivity contribution in [3.05, 3.63) is 12.3 Å². The Morgan fingerprint density at radius 2 is 1.18 bits per heavy atom. The number of hydrogen-bond donors (Lipinski definition) is 1. The molecule has 0 aliphatic rings. The lowest BCUT2D eigenvalue weighted by Crippen LogP contribution is -2.22. The summed E-state index contributed by atoms with van der Waals surface area (Å²) < 4.78 is 11.2. The van der Waals surface area contributed by atoms with Gasteiger partial charge in [-0.05, 0) is 25.3 Å². The predicted octanol–water partition coefficient (Wildman–Crippen LogP) is 7.57. The molecule has 0 bridgehead atoms. The van der Waals surface area contributed by atoms with E-state index < -0.39 is 0 Å². The molecule has 3 heteroatoms. The topological polar surface area (TPSA) is 38.7 Å². The van der Waals surface area contributed by atoms with Crippen LogP contribution in [0.25, 0.3) is 0 Å². The van der Waals surface area contributed by atoms with Gasteiger partial charge in [0, 0.05) is 6.61 Å². The Morgan fingerprint density at radius 3 is 1.68 bits per heavy atom. The third-order valence-electron chi connectivity index (χ3n) is 5.24. The Morgan fingerprint density at radius 1 is 0.679 bits per heavy atom. The molecular formula is C25H50O3. The molecule has 0 aromatic heterocycles. The van der Waals surface area contributed by atoms with E-state index in [-0.39, 0.29) is 12.7 Å². The van der Waals surface area contributed by atoms with Crippen LogP contribution in [0.5, 0.6) is 0 Å². The molecule has 1 unspecified atom stereocenters. The molecule has 0 aliphatic heterocycles. The van der Waals surface area contributed by atoms with E-state index in [2.05, 4.69) is 13.8 Å². The van der Waals surface area contributed by atoms with Crippen molar-refractivity contribution in [3.8, 4) is 0 Å². The van der Waals surface area contributed by atoms with Gasteiger partial charge in [-0.3, -0.25) is 0 Å². The Kier molecular flexibility index (Phi) is 24.0. The van der Waals surface area contributed by atoms with Crippen LogP contribution in [0.4, 0.5) is 0 Å². The van der Waals surface area contributed by atoms with Crippen LogP contribution >= 0.6 is 0 Å². The largest absolute Gasteiger partial charge is 0.494 e. The summed E-state index contributed by atoms with van der Waals surface area (Å²) in [5.74, 6) is 0. The van der Waals surface area contributed by atoms with E-state index >= 15 is 0 Å². The normalized spacial score (nSPS) is 12.7. The van der Waals surface area contributed by atoms with Crippen LogP contribution < -0.4 is 0 Å². The Hall–Kier alpha value is -0.540. The van der Waals surface area contributed by atoms with Gasteiger partial charge in [-0.1, -0.05) is 104 Å². The molecule has 0 spiro atoms. The summed E-state index contributed by atoms with van der Waals surface area (Å²) in [4.78, 5) is 0. The average Bonchev–Trinajstić information content (AvgIpc) is 2.71. The van der Waals surface area contributed by atoms with Crippen LogP contribution in [-0.4, -0.2) is 31.0 Å². The fraction of sp³-hybridized carbons (Fsp3) is 0.920. The molecule has 0 radical (unpaired) electrons. The van der Waals surface area contributed by atoms with Crippen molar-refractivity contribution in [2.24, 2.45) is 0 Å². The highest BCUT2D eigenvalue weighted by Gasteiger charge is 2.06. The van der Waals surface area contributed by atoms with Crippen LogP contribution in [-0.2, 0) is 9.47 Å². The molecule has 1 atom stereocenters. The molecule has 168 valence electrons. The highest BCUT2D eigenvalue weighted by molar-refractivity contribution is 4.74. The van der Waals surface area contributed by atoms with E-state index in [1.165, 1.54) is 96.3 Å². The molecule has 3 nitrogen and oxygen atoms in total. The zero-order valence-corrected chi connectivity index (χ0v) is 19.1. The lowest BCUT2D eigenvalue weighted by atomic mass is 10.0. The Labute approximate surface area is 176 Å². The lowest BCUT2D eigenvalue weighted by Gasteiger charge is -2.14. The monoisotopic (exact) mass is 398 g/mol. The summed E-state index contributed by atoms with van der Waals surface area (Å²) in [7, 11) is 0. The zero-order valence-electron chi connectivity index (χ0n) is 19.1. The summed E-state index contributed by atoms with van der Waals surface area (Å²) in [5.41, 5.74) is 0. The second kappa shape index (κ2) is 24.5. The quantitative estimate of drug-likeness (QED) is 0.142. The highest BCUT2D eigenvalue weighted by atomic mass is 16.5. The first-order valence-electron chi connectivity index (χ1n) is 12.3. The molecule has 0 amide bonds. The fourth-order valence-corrected chi connectivity index (χ4v) is 3.31. The van der Waals surface area contributed by atoms with Gasteiger partial charge in [-0.25, -0.2) is 0 Å². The van der Waals surface area contributed by atoms with Gasteiger partial charge in [0.2, 0.25) is 0 Å². The molecule has 0 aromatic rings. The first-order valence-corrected chi connectivity index (χ1v) is 12.3. The summed E-state index contributed by atoms with van der Waals surface area (Å²) in [6, 6.07) is 0. The molecule has 28 heavy (non-hydrogen) atoms.